The van der Waals surface area contributed by atoms with Crippen molar-refractivity contribution in [2.45, 2.75) is 39.3 Å². The van der Waals surface area contributed by atoms with Gasteiger partial charge in [-0.2, -0.15) is 15.0 Å². The lowest BCUT2D eigenvalue weighted by Gasteiger charge is -2.20. The lowest BCUT2D eigenvalue weighted by Crippen LogP contribution is -2.30. The van der Waals surface area contributed by atoms with Crippen molar-refractivity contribution >= 4 is 40.0 Å². The maximum absolute atomic E-state index is 13.4. The van der Waals surface area contributed by atoms with Crippen LogP contribution in [0.5, 0.6) is 5.75 Å². The summed E-state index contributed by atoms with van der Waals surface area (Å²) in [5.41, 5.74) is 3.64. The van der Waals surface area contributed by atoms with Gasteiger partial charge in [0.05, 0.1) is 37.8 Å². The summed E-state index contributed by atoms with van der Waals surface area (Å²) in [4.78, 5) is 28.5. The number of carbonyl (C=O) groups excluding carboxylic acids is 1. The average Bonchev–Trinajstić information content (AvgIpc) is 3.55. The van der Waals surface area contributed by atoms with Crippen LogP contribution in [-0.4, -0.2) is 47.4 Å². The molecule has 0 saturated carbocycles. The van der Waals surface area contributed by atoms with E-state index < -0.39 is 6.04 Å². The first kappa shape index (κ1) is 26.6. The molecule has 0 saturated heterocycles. The van der Waals surface area contributed by atoms with Crippen LogP contribution in [0.2, 0.25) is 10.2 Å². The number of Topliss-reactive ketones (excluding diaryl/α,β-unsaturated/α-hetero) is 1. The smallest absolute Gasteiger partial charge is 0.252 e. The van der Waals surface area contributed by atoms with E-state index in [1.165, 1.54) is 22.4 Å². The molecule has 0 N–H and O–H groups in total. The SMILES string of the molecule is CCC(C(=O)Cc1ccc2nn(CC)nc2c1)n1cc(OC)c(-c2cc(Cl)ccc2-n2cc(Cl)nn2)cc1=O. The summed E-state index contributed by atoms with van der Waals surface area (Å²) in [6, 6.07) is 11.5. The highest BCUT2D eigenvalue weighted by molar-refractivity contribution is 6.31. The molecule has 12 heteroatoms. The Labute approximate surface area is 233 Å². The molecule has 1 atom stereocenters. The van der Waals surface area contributed by atoms with Gasteiger partial charge in [-0.25, -0.2) is 4.68 Å². The van der Waals surface area contributed by atoms with E-state index in [2.05, 4.69) is 20.5 Å². The standard InChI is InChI=1S/C27H25Cl2N7O3/c1-4-22(24(37)11-16-6-8-20-21(10-16)32-36(5-2)31-20)34-14-25(39-3)19(13-27(34)38)18-12-17(28)7-9-23(18)35-15-26(29)30-33-35/h6-10,12-15,22H,4-5,11H2,1-3H3. The Morgan fingerprint density at radius 3 is 2.49 bits per heavy atom. The van der Waals surface area contributed by atoms with Gasteiger partial charge in [-0.15, -0.1) is 5.10 Å². The van der Waals surface area contributed by atoms with Crippen LogP contribution in [0.1, 0.15) is 31.9 Å². The summed E-state index contributed by atoms with van der Waals surface area (Å²) in [5, 5.41) is 17.4. The van der Waals surface area contributed by atoms with Gasteiger partial charge in [0, 0.05) is 28.6 Å². The van der Waals surface area contributed by atoms with Crippen molar-refractivity contribution in [3.63, 3.8) is 0 Å². The van der Waals surface area contributed by atoms with Gasteiger partial charge in [-0.1, -0.05) is 41.4 Å². The molecule has 200 valence electrons. The van der Waals surface area contributed by atoms with E-state index in [1.54, 1.807) is 35.4 Å². The molecule has 2 aromatic carbocycles. The van der Waals surface area contributed by atoms with Gasteiger partial charge in [-0.3, -0.25) is 9.59 Å². The Morgan fingerprint density at radius 2 is 1.79 bits per heavy atom. The molecule has 0 fully saturated rings. The average molecular weight is 566 g/mol. The van der Waals surface area contributed by atoms with Gasteiger partial charge in [0.25, 0.3) is 5.56 Å². The Hall–Kier alpha value is -4.02. The Bertz CT molecular complexity index is 1740. The fourth-order valence-electron chi connectivity index (χ4n) is 4.58. The van der Waals surface area contributed by atoms with E-state index in [4.69, 9.17) is 27.9 Å². The number of aryl methyl sites for hydroxylation is 1. The zero-order valence-electron chi connectivity index (χ0n) is 21.5. The Balaban J connectivity index is 1.51. The van der Waals surface area contributed by atoms with Crippen molar-refractivity contribution in [2.24, 2.45) is 0 Å². The molecule has 0 bridgehead atoms. The molecule has 0 radical (unpaired) electrons. The first-order chi connectivity index (χ1) is 18.8. The van der Waals surface area contributed by atoms with Crippen molar-refractivity contribution in [3.05, 3.63) is 81.0 Å². The zero-order chi connectivity index (χ0) is 27.7. The molecule has 3 aromatic heterocycles. The normalized spacial score (nSPS) is 12.1. The van der Waals surface area contributed by atoms with Crippen LogP contribution in [0, 0.1) is 0 Å². The number of benzene rings is 2. The highest BCUT2D eigenvalue weighted by Gasteiger charge is 2.23. The number of hydrogen-bond donors (Lipinski definition) is 0. The number of halogens is 2. The fourth-order valence-corrected chi connectivity index (χ4v) is 4.88. The van der Waals surface area contributed by atoms with Crippen molar-refractivity contribution < 1.29 is 9.53 Å². The summed E-state index contributed by atoms with van der Waals surface area (Å²) in [7, 11) is 1.51. The molecule has 0 amide bonds. The van der Waals surface area contributed by atoms with Gasteiger partial charge in [0.1, 0.15) is 16.8 Å². The second kappa shape index (κ2) is 11.0. The minimum atomic E-state index is -0.685. The minimum Gasteiger partial charge on any atom is -0.495 e. The summed E-state index contributed by atoms with van der Waals surface area (Å²) >= 11 is 12.3. The number of fused-ring (bicyclic) bond motifs is 1. The van der Waals surface area contributed by atoms with E-state index in [1.807, 2.05) is 32.0 Å². The summed E-state index contributed by atoms with van der Waals surface area (Å²) < 4.78 is 8.60. The molecule has 5 rings (SSSR count). The predicted octanol–water partition coefficient (Wildman–Crippen LogP) is 4.94. The number of aromatic nitrogens is 7. The molecule has 5 aromatic rings. The van der Waals surface area contributed by atoms with Crippen LogP contribution < -0.4 is 10.3 Å². The molecular formula is C27H25Cl2N7O3. The quantitative estimate of drug-likeness (QED) is 0.249. The first-order valence-corrected chi connectivity index (χ1v) is 13.1. The molecular weight excluding hydrogens is 541 g/mol. The molecule has 39 heavy (non-hydrogen) atoms. The maximum atomic E-state index is 13.4. The molecule has 0 spiro atoms. The number of nitrogens with zero attached hydrogens (tertiary/aromatic N) is 7. The Morgan fingerprint density at radius 1 is 1.00 bits per heavy atom. The van der Waals surface area contributed by atoms with E-state index in [-0.39, 0.29) is 22.9 Å². The zero-order valence-corrected chi connectivity index (χ0v) is 23.0. The molecule has 10 nitrogen and oxygen atoms in total. The van der Waals surface area contributed by atoms with E-state index >= 15 is 0 Å². The number of methoxy groups -OCH3 is 1. The van der Waals surface area contributed by atoms with Crippen molar-refractivity contribution in [3.8, 4) is 22.6 Å². The highest BCUT2D eigenvalue weighted by atomic mass is 35.5. The molecule has 3 heterocycles. The van der Waals surface area contributed by atoms with Crippen LogP contribution in [0.3, 0.4) is 0 Å². The van der Waals surface area contributed by atoms with Gasteiger partial charge in [-0.05, 0) is 49.2 Å². The van der Waals surface area contributed by atoms with E-state index in [9.17, 15) is 9.59 Å². The number of ether oxygens (including phenoxy) is 1. The van der Waals surface area contributed by atoms with Crippen LogP contribution in [-0.2, 0) is 17.8 Å². The summed E-state index contributed by atoms with van der Waals surface area (Å²) in [6.45, 7) is 4.49. The molecule has 0 aliphatic heterocycles. The van der Waals surface area contributed by atoms with Crippen LogP contribution in [0.4, 0.5) is 0 Å². The Kier molecular flexibility index (Phi) is 7.49. The molecule has 0 aliphatic rings. The van der Waals surface area contributed by atoms with Gasteiger partial charge >= 0.3 is 0 Å². The molecule has 0 aliphatic carbocycles. The van der Waals surface area contributed by atoms with Gasteiger partial charge < -0.3 is 9.30 Å². The third-order valence-corrected chi connectivity index (χ3v) is 6.87. The highest BCUT2D eigenvalue weighted by Crippen LogP contribution is 2.35. The monoisotopic (exact) mass is 565 g/mol. The second-order valence-electron chi connectivity index (χ2n) is 8.93. The number of pyridine rings is 1. The van der Waals surface area contributed by atoms with E-state index in [0.717, 1.165) is 16.6 Å². The lowest BCUT2D eigenvalue weighted by atomic mass is 10.00. The lowest BCUT2D eigenvalue weighted by molar-refractivity contribution is -0.121. The minimum absolute atomic E-state index is 0.0997. The predicted molar refractivity (Wildman–Crippen MR) is 149 cm³/mol. The van der Waals surface area contributed by atoms with Gasteiger partial charge in [0.15, 0.2) is 10.9 Å². The third kappa shape index (κ3) is 5.30. The van der Waals surface area contributed by atoms with Gasteiger partial charge in [0.2, 0.25) is 0 Å². The molecule has 1 unspecified atom stereocenters. The summed E-state index contributed by atoms with van der Waals surface area (Å²) in [6.07, 6.45) is 3.69. The fraction of sp³-hybridized carbons (Fsp3) is 0.259. The number of ketones is 1. The van der Waals surface area contributed by atoms with Crippen LogP contribution >= 0.6 is 23.2 Å². The van der Waals surface area contributed by atoms with E-state index in [0.29, 0.717) is 40.6 Å². The second-order valence-corrected chi connectivity index (χ2v) is 9.75. The van der Waals surface area contributed by atoms with Crippen LogP contribution in [0.15, 0.2) is 59.7 Å². The number of carbonyl (C=O) groups is 1. The van der Waals surface area contributed by atoms with Crippen molar-refractivity contribution in [2.75, 3.05) is 7.11 Å². The summed E-state index contributed by atoms with van der Waals surface area (Å²) in [5.74, 6) is 0.297. The van der Waals surface area contributed by atoms with Crippen LogP contribution in [0.25, 0.3) is 27.8 Å². The number of hydrogen-bond acceptors (Lipinski definition) is 7. The van der Waals surface area contributed by atoms with Crippen molar-refractivity contribution in [1.29, 1.82) is 0 Å². The number of rotatable bonds is 9. The maximum Gasteiger partial charge on any atom is 0.252 e. The van der Waals surface area contributed by atoms with Crippen molar-refractivity contribution in [1.82, 2.24) is 34.6 Å². The third-order valence-electron chi connectivity index (χ3n) is 6.47. The topological polar surface area (TPSA) is 110 Å². The first-order valence-electron chi connectivity index (χ1n) is 12.4. The largest absolute Gasteiger partial charge is 0.495 e.